The van der Waals surface area contributed by atoms with Crippen LogP contribution in [0.15, 0.2) is 60.7 Å². The quantitative estimate of drug-likeness (QED) is 0.701. The summed E-state index contributed by atoms with van der Waals surface area (Å²) in [6.07, 6.45) is -0.155. The maximum absolute atomic E-state index is 6.06. The summed E-state index contributed by atoms with van der Waals surface area (Å²) in [6, 6.07) is 20.1. The first kappa shape index (κ1) is 17.3. The van der Waals surface area contributed by atoms with Crippen LogP contribution in [0.2, 0.25) is 0 Å². The molecule has 0 unspecified atom stereocenters. The van der Waals surface area contributed by atoms with Crippen molar-refractivity contribution >= 4 is 0 Å². The molecule has 1 N–H and O–H groups in total. The Labute approximate surface area is 162 Å². The van der Waals surface area contributed by atoms with Crippen molar-refractivity contribution in [2.24, 2.45) is 0 Å². The van der Waals surface area contributed by atoms with E-state index >= 15 is 0 Å². The topological polar surface area (TPSA) is 83.3 Å². The van der Waals surface area contributed by atoms with Crippen LogP contribution in [-0.2, 0) is 16.0 Å². The van der Waals surface area contributed by atoms with Gasteiger partial charge in [0.15, 0.2) is 0 Å². The van der Waals surface area contributed by atoms with Gasteiger partial charge in [0.25, 0.3) is 0 Å². The predicted octanol–water partition coefficient (Wildman–Crippen LogP) is 1.96. The van der Waals surface area contributed by atoms with E-state index in [2.05, 4.69) is 33.0 Å². The molecule has 28 heavy (non-hydrogen) atoms. The fourth-order valence-electron chi connectivity index (χ4n) is 3.76. The average Bonchev–Trinajstić information content (AvgIpc) is 3.45. The number of tetrazole rings is 1. The molecule has 0 spiro atoms. The molecule has 0 saturated carbocycles. The molecule has 0 bridgehead atoms. The highest BCUT2D eigenvalue weighted by Crippen LogP contribution is 2.36. The van der Waals surface area contributed by atoms with Crippen LogP contribution in [0, 0.1) is 0 Å². The van der Waals surface area contributed by atoms with Crippen LogP contribution < -0.4 is 10.1 Å². The van der Waals surface area contributed by atoms with E-state index in [1.165, 1.54) is 5.56 Å². The average molecular weight is 379 g/mol. The zero-order valence-corrected chi connectivity index (χ0v) is 15.2. The molecule has 0 radical (unpaired) electrons. The Morgan fingerprint density at radius 3 is 2.54 bits per heavy atom. The molecule has 8 nitrogen and oxygen atoms in total. The highest BCUT2D eigenvalue weighted by molar-refractivity contribution is 5.24. The summed E-state index contributed by atoms with van der Waals surface area (Å²) in [7, 11) is 0. The van der Waals surface area contributed by atoms with Crippen LogP contribution in [0.3, 0.4) is 0 Å². The van der Waals surface area contributed by atoms with Gasteiger partial charge >= 0.3 is 6.01 Å². The van der Waals surface area contributed by atoms with Gasteiger partial charge in [0, 0.05) is 6.54 Å². The van der Waals surface area contributed by atoms with E-state index in [4.69, 9.17) is 14.2 Å². The van der Waals surface area contributed by atoms with Crippen molar-refractivity contribution < 1.29 is 14.2 Å². The first-order valence-electron chi connectivity index (χ1n) is 9.40. The molecule has 0 amide bonds. The first-order valence-corrected chi connectivity index (χ1v) is 9.40. The van der Waals surface area contributed by atoms with Gasteiger partial charge in [-0.05, 0) is 28.1 Å². The molecule has 5 rings (SSSR count). The Morgan fingerprint density at radius 2 is 1.71 bits per heavy atom. The molecule has 4 atom stereocenters. The van der Waals surface area contributed by atoms with E-state index in [1.807, 2.05) is 48.5 Å². The Morgan fingerprint density at radius 1 is 0.964 bits per heavy atom. The standard InChI is InChI=1S/C20H21N5O3/c1-3-7-14(8-4-1)11-21-16-12-26-19-17(13-27-18(16)19)25-20(22-23-24-25)28-15-9-5-2-6-10-15/h1-10,16-19,21H,11-13H2/t16-,17-,18+,19+/m0/s1. The highest BCUT2D eigenvalue weighted by Gasteiger charge is 2.49. The van der Waals surface area contributed by atoms with E-state index in [-0.39, 0.29) is 24.3 Å². The third-order valence-electron chi connectivity index (χ3n) is 5.17. The lowest BCUT2D eigenvalue weighted by molar-refractivity contribution is 0.0611. The van der Waals surface area contributed by atoms with E-state index in [1.54, 1.807) is 4.68 Å². The molecular weight excluding hydrogens is 358 g/mol. The van der Waals surface area contributed by atoms with Gasteiger partial charge < -0.3 is 19.5 Å². The number of fused-ring (bicyclic) bond motifs is 1. The Balaban J connectivity index is 1.26. The van der Waals surface area contributed by atoms with Crippen molar-refractivity contribution in [1.29, 1.82) is 0 Å². The molecule has 0 aliphatic carbocycles. The molecular formula is C20H21N5O3. The number of rotatable bonds is 6. The largest absolute Gasteiger partial charge is 0.423 e. The Bertz CT molecular complexity index is 904. The second-order valence-electron chi connectivity index (χ2n) is 6.96. The van der Waals surface area contributed by atoms with E-state index in [0.717, 1.165) is 6.54 Å². The van der Waals surface area contributed by atoms with Crippen LogP contribution in [0.5, 0.6) is 11.8 Å². The zero-order chi connectivity index (χ0) is 18.8. The third kappa shape index (κ3) is 3.37. The number of nitrogens with one attached hydrogen (secondary N) is 1. The first-order chi connectivity index (χ1) is 13.9. The number of benzene rings is 2. The Kier molecular flexibility index (Phi) is 4.74. The molecule has 3 aromatic rings. The summed E-state index contributed by atoms with van der Waals surface area (Å²) in [5.41, 5.74) is 1.24. The summed E-state index contributed by atoms with van der Waals surface area (Å²) >= 11 is 0. The normalized spacial score (nSPS) is 26.3. The van der Waals surface area contributed by atoms with Gasteiger partial charge in [-0.2, -0.15) is 4.68 Å². The lowest BCUT2D eigenvalue weighted by Gasteiger charge is -2.18. The summed E-state index contributed by atoms with van der Waals surface area (Å²) < 4.78 is 19.6. The molecule has 8 heteroatoms. The van der Waals surface area contributed by atoms with Gasteiger partial charge in [0.05, 0.1) is 19.3 Å². The molecule has 2 fully saturated rings. The maximum atomic E-state index is 6.06. The fraction of sp³-hybridized carbons (Fsp3) is 0.350. The smallest absolute Gasteiger partial charge is 0.341 e. The van der Waals surface area contributed by atoms with Crippen LogP contribution >= 0.6 is 0 Å². The summed E-state index contributed by atoms with van der Waals surface area (Å²) in [4.78, 5) is 0. The Hall–Kier alpha value is -2.81. The van der Waals surface area contributed by atoms with Gasteiger partial charge in [0.1, 0.15) is 24.0 Å². The van der Waals surface area contributed by atoms with Gasteiger partial charge in [-0.15, -0.1) is 0 Å². The second kappa shape index (κ2) is 7.67. The number of hydrogen-bond donors (Lipinski definition) is 1. The third-order valence-corrected chi connectivity index (χ3v) is 5.17. The lowest BCUT2D eigenvalue weighted by Crippen LogP contribution is -2.40. The summed E-state index contributed by atoms with van der Waals surface area (Å²) in [5.74, 6) is 0.684. The van der Waals surface area contributed by atoms with Gasteiger partial charge in [-0.1, -0.05) is 53.6 Å². The predicted molar refractivity (Wildman–Crippen MR) is 99.9 cm³/mol. The zero-order valence-electron chi connectivity index (χ0n) is 15.2. The fourth-order valence-corrected chi connectivity index (χ4v) is 3.76. The minimum atomic E-state index is -0.123. The maximum Gasteiger partial charge on any atom is 0.341 e. The van der Waals surface area contributed by atoms with Gasteiger partial charge in [0.2, 0.25) is 0 Å². The van der Waals surface area contributed by atoms with Crippen molar-refractivity contribution in [1.82, 2.24) is 25.5 Å². The van der Waals surface area contributed by atoms with Crippen molar-refractivity contribution in [2.45, 2.75) is 30.8 Å². The summed E-state index contributed by atoms with van der Waals surface area (Å²) in [5, 5.41) is 15.5. The number of aromatic nitrogens is 4. The number of ether oxygens (including phenoxy) is 3. The molecule has 2 aliphatic rings. The molecule has 2 saturated heterocycles. The minimum absolute atomic E-state index is 0.0394. The molecule has 2 aliphatic heterocycles. The molecule has 144 valence electrons. The van der Waals surface area contributed by atoms with Crippen molar-refractivity contribution in [3.05, 3.63) is 66.2 Å². The van der Waals surface area contributed by atoms with Crippen LogP contribution in [0.1, 0.15) is 11.6 Å². The van der Waals surface area contributed by atoms with Crippen molar-refractivity contribution in [3.63, 3.8) is 0 Å². The SMILES string of the molecule is c1ccc(CN[C@H]2CO[C@H]3[C@@H]2OC[C@@H]3n2nnnc2Oc2ccccc2)cc1. The van der Waals surface area contributed by atoms with Crippen molar-refractivity contribution in [3.8, 4) is 11.8 Å². The van der Waals surface area contributed by atoms with Crippen LogP contribution in [-0.4, -0.2) is 51.7 Å². The molecule has 2 aromatic carbocycles. The van der Waals surface area contributed by atoms with E-state index < -0.39 is 0 Å². The van der Waals surface area contributed by atoms with Gasteiger partial charge in [-0.3, -0.25) is 0 Å². The highest BCUT2D eigenvalue weighted by atomic mass is 16.6. The van der Waals surface area contributed by atoms with E-state index in [9.17, 15) is 0 Å². The molecule has 3 heterocycles. The summed E-state index contributed by atoms with van der Waals surface area (Å²) in [6.45, 7) is 1.85. The minimum Gasteiger partial charge on any atom is -0.423 e. The van der Waals surface area contributed by atoms with Gasteiger partial charge in [-0.25, -0.2) is 0 Å². The molecule has 1 aromatic heterocycles. The van der Waals surface area contributed by atoms with Crippen LogP contribution in [0.4, 0.5) is 0 Å². The monoisotopic (exact) mass is 379 g/mol. The number of hydrogen-bond acceptors (Lipinski definition) is 7. The van der Waals surface area contributed by atoms with Crippen molar-refractivity contribution in [2.75, 3.05) is 13.2 Å². The second-order valence-corrected chi connectivity index (χ2v) is 6.96. The number of nitrogens with zero attached hydrogens (tertiary/aromatic N) is 4. The van der Waals surface area contributed by atoms with E-state index in [0.29, 0.717) is 25.0 Å². The number of para-hydroxylation sites is 1. The lowest BCUT2D eigenvalue weighted by atomic mass is 10.1. The van der Waals surface area contributed by atoms with Crippen LogP contribution in [0.25, 0.3) is 0 Å².